The van der Waals surface area contributed by atoms with E-state index < -0.39 is 0 Å². The predicted octanol–water partition coefficient (Wildman–Crippen LogP) is 3.01. The van der Waals surface area contributed by atoms with Crippen LogP contribution in [0.4, 0.5) is 0 Å². The van der Waals surface area contributed by atoms with Crippen molar-refractivity contribution in [2.75, 3.05) is 0 Å². The van der Waals surface area contributed by atoms with Crippen molar-refractivity contribution in [3.05, 3.63) is 72.3 Å². The van der Waals surface area contributed by atoms with Gasteiger partial charge in [-0.05, 0) is 0 Å². The molecule has 1 nitrogen and oxygen atoms in total. The minimum Gasteiger partial charge on any atom is -0.389 e. The molecule has 2 heteroatoms. The van der Waals surface area contributed by atoms with Gasteiger partial charge in [-0.25, -0.2) is 0 Å². The molecule has 2 aromatic carbocycles. The molecule has 0 aliphatic heterocycles. The average molecular weight is 215 g/mol. The van der Waals surface area contributed by atoms with Gasteiger partial charge in [0, 0.05) is 5.56 Å². The van der Waals surface area contributed by atoms with Crippen molar-refractivity contribution in [1.82, 2.24) is 0 Å². The molecule has 0 fully saturated rings. The molecule has 0 bridgehead atoms. The standard InChI is InChI=1S/C7H7NS.C6H6/c8-7(9)6-4-2-1-3-5-6;1-2-4-6-5-3-1/h1-5H,(H2,8,9);1-6H. The lowest BCUT2D eigenvalue weighted by Gasteiger charge is -1.92. The van der Waals surface area contributed by atoms with Crippen molar-refractivity contribution < 1.29 is 0 Å². The Labute approximate surface area is 95.6 Å². The fraction of sp³-hybridized carbons (Fsp3) is 0. The Balaban J connectivity index is 0.000000162. The van der Waals surface area contributed by atoms with Crippen LogP contribution in [0.15, 0.2) is 66.7 Å². The average Bonchev–Trinajstić information content (AvgIpc) is 2.33. The lowest BCUT2D eigenvalue weighted by atomic mass is 10.2. The molecule has 0 amide bonds. The summed E-state index contributed by atoms with van der Waals surface area (Å²) < 4.78 is 0. The number of rotatable bonds is 1. The molecule has 15 heavy (non-hydrogen) atoms. The Morgan fingerprint density at radius 2 is 1.07 bits per heavy atom. The number of benzene rings is 2. The van der Waals surface area contributed by atoms with E-state index in [0.29, 0.717) is 4.99 Å². The van der Waals surface area contributed by atoms with Crippen LogP contribution in [-0.4, -0.2) is 4.99 Å². The highest BCUT2D eigenvalue weighted by Crippen LogP contribution is 1.96. The van der Waals surface area contributed by atoms with Crippen LogP contribution < -0.4 is 5.73 Å². The Morgan fingerprint density at radius 3 is 1.33 bits per heavy atom. The van der Waals surface area contributed by atoms with Crippen molar-refractivity contribution in [1.29, 1.82) is 0 Å². The summed E-state index contributed by atoms with van der Waals surface area (Å²) in [4.78, 5) is 0.454. The fourth-order valence-corrected chi connectivity index (χ4v) is 1.12. The molecule has 0 aliphatic carbocycles. The Hall–Kier alpha value is -1.67. The van der Waals surface area contributed by atoms with Crippen molar-refractivity contribution in [3.8, 4) is 0 Å². The first-order valence-electron chi connectivity index (χ1n) is 4.65. The summed E-state index contributed by atoms with van der Waals surface area (Å²) in [6.45, 7) is 0. The first-order chi connectivity index (χ1) is 7.30. The zero-order valence-corrected chi connectivity index (χ0v) is 9.15. The van der Waals surface area contributed by atoms with E-state index in [-0.39, 0.29) is 0 Å². The number of hydrogen-bond acceptors (Lipinski definition) is 1. The molecule has 0 unspecified atom stereocenters. The summed E-state index contributed by atoms with van der Waals surface area (Å²) in [6, 6.07) is 21.5. The summed E-state index contributed by atoms with van der Waals surface area (Å²) >= 11 is 4.74. The van der Waals surface area contributed by atoms with E-state index >= 15 is 0 Å². The maximum Gasteiger partial charge on any atom is 0.103 e. The van der Waals surface area contributed by atoms with Gasteiger partial charge in [0.15, 0.2) is 0 Å². The van der Waals surface area contributed by atoms with Crippen LogP contribution in [0.2, 0.25) is 0 Å². The molecule has 2 N–H and O–H groups in total. The van der Waals surface area contributed by atoms with E-state index in [9.17, 15) is 0 Å². The van der Waals surface area contributed by atoms with Crippen LogP contribution >= 0.6 is 12.2 Å². The van der Waals surface area contributed by atoms with Gasteiger partial charge < -0.3 is 5.73 Å². The Morgan fingerprint density at radius 1 is 0.733 bits per heavy atom. The van der Waals surface area contributed by atoms with E-state index in [1.54, 1.807) is 0 Å². The monoisotopic (exact) mass is 215 g/mol. The smallest absolute Gasteiger partial charge is 0.103 e. The third-order valence-electron chi connectivity index (χ3n) is 1.72. The number of thiocarbonyl (C=S) groups is 1. The molecule has 0 saturated carbocycles. The van der Waals surface area contributed by atoms with Crippen LogP contribution in [0.1, 0.15) is 5.56 Å². The third-order valence-corrected chi connectivity index (χ3v) is 1.96. The minimum atomic E-state index is 0.454. The second kappa shape index (κ2) is 6.74. The summed E-state index contributed by atoms with van der Waals surface area (Å²) in [6.07, 6.45) is 0. The van der Waals surface area contributed by atoms with Crippen LogP contribution in [0, 0.1) is 0 Å². The molecule has 2 rings (SSSR count). The molecule has 0 aromatic heterocycles. The Bertz CT molecular complexity index is 357. The van der Waals surface area contributed by atoms with E-state index in [1.807, 2.05) is 66.7 Å². The summed E-state index contributed by atoms with van der Waals surface area (Å²) in [5.41, 5.74) is 6.27. The largest absolute Gasteiger partial charge is 0.389 e. The molecule has 0 heterocycles. The minimum absolute atomic E-state index is 0.454. The van der Waals surface area contributed by atoms with E-state index in [1.165, 1.54) is 0 Å². The highest BCUT2D eigenvalue weighted by atomic mass is 32.1. The van der Waals surface area contributed by atoms with Crippen LogP contribution in [0.25, 0.3) is 0 Å². The molecule has 0 aliphatic rings. The first-order valence-corrected chi connectivity index (χ1v) is 5.06. The zero-order valence-electron chi connectivity index (χ0n) is 8.34. The second-order valence-electron chi connectivity index (χ2n) is 2.88. The van der Waals surface area contributed by atoms with Crippen LogP contribution in [0.3, 0.4) is 0 Å². The lowest BCUT2D eigenvalue weighted by Crippen LogP contribution is -2.08. The molecule has 2 aromatic rings. The van der Waals surface area contributed by atoms with Crippen LogP contribution in [0.5, 0.6) is 0 Å². The molecular formula is C13H13NS. The maximum atomic E-state index is 5.35. The highest BCUT2D eigenvalue weighted by Gasteiger charge is 1.89. The normalized spacial score (nSPS) is 8.53. The van der Waals surface area contributed by atoms with Gasteiger partial charge in [0.25, 0.3) is 0 Å². The SMILES string of the molecule is NC(=S)c1ccccc1.c1ccccc1. The molecule has 0 atom stereocenters. The van der Waals surface area contributed by atoms with Gasteiger partial charge in [0.05, 0.1) is 0 Å². The van der Waals surface area contributed by atoms with Gasteiger partial charge in [0.2, 0.25) is 0 Å². The Kier molecular flexibility index (Phi) is 5.12. The lowest BCUT2D eigenvalue weighted by molar-refractivity contribution is 1.63. The number of nitrogens with two attached hydrogens (primary N) is 1. The third kappa shape index (κ3) is 4.93. The van der Waals surface area contributed by atoms with E-state index in [4.69, 9.17) is 18.0 Å². The van der Waals surface area contributed by atoms with Gasteiger partial charge >= 0.3 is 0 Å². The van der Waals surface area contributed by atoms with Crippen LogP contribution in [-0.2, 0) is 0 Å². The fourth-order valence-electron chi connectivity index (χ4n) is 0.987. The zero-order chi connectivity index (χ0) is 10.9. The molecule has 0 radical (unpaired) electrons. The summed E-state index contributed by atoms with van der Waals surface area (Å²) in [5.74, 6) is 0. The molecule has 0 spiro atoms. The molecule has 76 valence electrons. The van der Waals surface area contributed by atoms with Crippen molar-refractivity contribution in [3.63, 3.8) is 0 Å². The van der Waals surface area contributed by atoms with Gasteiger partial charge in [-0.3, -0.25) is 0 Å². The van der Waals surface area contributed by atoms with Gasteiger partial charge in [-0.15, -0.1) is 0 Å². The van der Waals surface area contributed by atoms with E-state index in [0.717, 1.165) is 5.56 Å². The predicted molar refractivity (Wildman–Crippen MR) is 68.8 cm³/mol. The van der Waals surface area contributed by atoms with Gasteiger partial charge in [-0.1, -0.05) is 78.9 Å². The van der Waals surface area contributed by atoms with Crippen molar-refractivity contribution in [2.45, 2.75) is 0 Å². The van der Waals surface area contributed by atoms with E-state index in [2.05, 4.69) is 0 Å². The van der Waals surface area contributed by atoms with Crippen molar-refractivity contribution >= 4 is 17.2 Å². The number of hydrogen-bond donors (Lipinski definition) is 1. The summed E-state index contributed by atoms with van der Waals surface area (Å²) in [5, 5.41) is 0. The first kappa shape index (κ1) is 11.4. The second-order valence-corrected chi connectivity index (χ2v) is 3.32. The van der Waals surface area contributed by atoms with Gasteiger partial charge in [-0.2, -0.15) is 0 Å². The topological polar surface area (TPSA) is 26.0 Å². The highest BCUT2D eigenvalue weighted by molar-refractivity contribution is 7.80. The molecular weight excluding hydrogens is 202 g/mol. The molecule has 0 saturated heterocycles. The van der Waals surface area contributed by atoms with Crippen molar-refractivity contribution in [2.24, 2.45) is 5.73 Å². The maximum absolute atomic E-state index is 5.35. The quantitative estimate of drug-likeness (QED) is 0.740. The van der Waals surface area contributed by atoms with Gasteiger partial charge in [0.1, 0.15) is 4.99 Å². The summed E-state index contributed by atoms with van der Waals surface area (Å²) in [7, 11) is 0.